The van der Waals surface area contributed by atoms with E-state index in [0.717, 1.165) is 17.1 Å². The maximum absolute atomic E-state index is 5.78. The second kappa shape index (κ2) is 8.39. The van der Waals surface area contributed by atoms with Gasteiger partial charge in [-0.3, -0.25) is 11.3 Å². The van der Waals surface area contributed by atoms with Gasteiger partial charge < -0.3 is 0 Å². The molecule has 0 aromatic carbocycles. The summed E-state index contributed by atoms with van der Waals surface area (Å²) in [5.41, 5.74) is 3.09. The number of nitrogens with one attached hydrogen (secondary N) is 1. The van der Waals surface area contributed by atoms with Gasteiger partial charge in [0.05, 0.1) is 0 Å². The first-order chi connectivity index (χ1) is 8.22. The molecule has 1 fully saturated rings. The van der Waals surface area contributed by atoms with Gasteiger partial charge in [0.1, 0.15) is 0 Å². The average Bonchev–Trinajstić information content (AvgIpc) is 2.39. The van der Waals surface area contributed by atoms with Crippen molar-refractivity contribution in [2.75, 3.05) is 5.75 Å². The minimum absolute atomic E-state index is 0.513. The molecule has 0 aromatic heterocycles. The van der Waals surface area contributed by atoms with E-state index in [1.165, 1.54) is 44.3 Å². The molecule has 17 heavy (non-hydrogen) atoms. The number of hydrogen-bond acceptors (Lipinski definition) is 3. The molecule has 4 atom stereocenters. The Morgan fingerprint density at radius 1 is 1.29 bits per heavy atom. The molecule has 0 spiro atoms. The molecule has 1 aliphatic carbocycles. The summed E-state index contributed by atoms with van der Waals surface area (Å²) in [5.74, 6) is 8.65. The Morgan fingerprint density at radius 2 is 2.00 bits per heavy atom. The van der Waals surface area contributed by atoms with Crippen molar-refractivity contribution in [2.45, 2.75) is 70.6 Å². The molecule has 102 valence electrons. The van der Waals surface area contributed by atoms with Crippen LogP contribution in [0.2, 0.25) is 0 Å². The van der Waals surface area contributed by atoms with E-state index >= 15 is 0 Å². The number of thioether (sulfide) groups is 1. The van der Waals surface area contributed by atoms with Crippen LogP contribution >= 0.6 is 11.8 Å². The Balaban J connectivity index is 2.46. The standard InChI is InChI=1S/C14H30N2S/c1-4-11(3)17-10-14(16-15)13-9-7-6-8-12(13)5-2/h11-14,16H,4-10,15H2,1-3H3. The van der Waals surface area contributed by atoms with Gasteiger partial charge in [0.25, 0.3) is 0 Å². The van der Waals surface area contributed by atoms with Crippen molar-refractivity contribution in [3.8, 4) is 0 Å². The van der Waals surface area contributed by atoms with E-state index in [-0.39, 0.29) is 0 Å². The molecule has 0 radical (unpaired) electrons. The maximum Gasteiger partial charge on any atom is 0.0332 e. The highest BCUT2D eigenvalue weighted by Gasteiger charge is 2.30. The number of hydrazine groups is 1. The summed E-state index contributed by atoms with van der Waals surface area (Å²) in [6.45, 7) is 6.91. The Hall–Kier alpha value is 0.270. The van der Waals surface area contributed by atoms with Gasteiger partial charge in [-0.1, -0.05) is 46.5 Å². The summed E-state index contributed by atoms with van der Waals surface area (Å²) in [4.78, 5) is 0. The van der Waals surface area contributed by atoms with Gasteiger partial charge in [0, 0.05) is 17.0 Å². The maximum atomic E-state index is 5.78. The molecule has 0 aliphatic heterocycles. The lowest BCUT2D eigenvalue weighted by Gasteiger charge is -2.36. The number of rotatable bonds is 7. The van der Waals surface area contributed by atoms with Crippen molar-refractivity contribution < 1.29 is 0 Å². The van der Waals surface area contributed by atoms with Crippen LogP contribution in [0.25, 0.3) is 0 Å². The van der Waals surface area contributed by atoms with Gasteiger partial charge in [-0.2, -0.15) is 11.8 Å². The molecule has 0 saturated heterocycles. The summed E-state index contributed by atoms with van der Waals surface area (Å²) >= 11 is 2.07. The van der Waals surface area contributed by atoms with Crippen molar-refractivity contribution in [3.63, 3.8) is 0 Å². The molecule has 1 aliphatic rings. The molecular weight excluding hydrogens is 228 g/mol. The summed E-state index contributed by atoms with van der Waals surface area (Å²) in [7, 11) is 0. The lowest BCUT2D eigenvalue weighted by Crippen LogP contribution is -2.46. The normalized spacial score (nSPS) is 28.9. The molecular formula is C14H30N2S. The Bertz CT molecular complexity index is 199. The minimum Gasteiger partial charge on any atom is -0.271 e. The first-order valence-electron chi connectivity index (χ1n) is 7.30. The number of hydrogen-bond donors (Lipinski definition) is 2. The lowest BCUT2D eigenvalue weighted by atomic mass is 9.74. The summed E-state index contributed by atoms with van der Waals surface area (Å²) in [6.07, 6.45) is 8.17. The minimum atomic E-state index is 0.513. The van der Waals surface area contributed by atoms with Gasteiger partial charge in [-0.05, 0) is 24.7 Å². The average molecular weight is 258 g/mol. The van der Waals surface area contributed by atoms with Crippen LogP contribution in [0.5, 0.6) is 0 Å². The molecule has 1 saturated carbocycles. The zero-order valence-electron chi connectivity index (χ0n) is 11.7. The quantitative estimate of drug-likeness (QED) is 0.541. The fraction of sp³-hybridized carbons (Fsp3) is 1.00. The van der Waals surface area contributed by atoms with E-state index in [4.69, 9.17) is 5.84 Å². The molecule has 0 amide bonds. The first kappa shape index (κ1) is 15.3. The predicted octanol–water partition coefficient (Wildman–Crippen LogP) is 3.57. The van der Waals surface area contributed by atoms with E-state index in [0.29, 0.717) is 6.04 Å². The molecule has 1 rings (SSSR count). The van der Waals surface area contributed by atoms with Crippen LogP contribution in [0.4, 0.5) is 0 Å². The van der Waals surface area contributed by atoms with Crippen LogP contribution in [0.15, 0.2) is 0 Å². The molecule has 4 unspecified atom stereocenters. The number of nitrogens with two attached hydrogens (primary N) is 1. The molecule has 0 heterocycles. The van der Waals surface area contributed by atoms with Crippen LogP contribution < -0.4 is 11.3 Å². The van der Waals surface area contributed by atoms with E-state index in [2.05, 4.69) is 38.0 Å². The third kappa shape index (κ3) is 4.80. The highest BCUT2D eigenvalue weighted by atomic mass is 32.2. The van der Waals surface area contributed by atoms with Crippen molar-refractivity contribution in [2.24, 2.45) is 17.7 Å². The highest BCUT2D eigenvalue weighted by Crippen LogP contribution is 2.35. The SMILES string of the molecule is CCC(C)SCC(NN)C1CCCCC1CC. The molecule has 3 N–H and O–H groups in total. The summed E-state index contributed by atoms with van der Waals surface area (Å²) in [5, 5.41) is 0.759. The largest absolute Gasteiger partial charge is 0.271 e. The predicted molar refractivity (Wildman–Crippen MR) is 79.1 cm³/mol. The molecule has 0 aromatic rings. The second-order valence-corrected chi connectivity index (χ2v) is 6.91. The molecule has 2 nitrogen and oxygen atoms in total. The third-order valence-corrected chi connectivity index (χ3v) is 5.81. The Morgan fingerprint density at radius 3 is 2.59 bits per heavy atom. The lowest BCUT2D eigenvalue weighted by molar-refractivity contribution is 0.186. The van der Waals surface area contributed by atoms with Gasteiger partial charge in [-0.15, -0.1) is 0 Å². The molecule has 3 heteroatoms. The Kier molecular flexibility index (Phi) is 7.56. The first-order valence-corrected chi connectivity index (χ1v) is 8.35. The van der Waals surface area contributed by atoms with Gasteiger partial charge >= 0.3 is 0 Å². The summed E-state index contributed by atoms with van der Waals surface area (Å²) in [6, 6.07) is 0.513. The van der Waals surface area contributed by atoms with Crippen LogP contribution in [0.3, 0.4) is 0 Å². The third-order valence-electron chi connectivity index (χ3n) is 4.36. The van der Waals surface area contributed by atoms with Crippen molar-refractivity contribution in [1.82, 2.24) is 5.43 Å². The van der Waals surface area contributed by atoms with E-state index in [1.54, 1.807) is 0 Å². The topological polar surface area (TPSA) is 38.0 Å². The van der Waals surface area contributed by atoms with Crippen LogP contribution in [-0.4, -0.2) is 17.0 Å². The highest BCUT2D eigenvalue weighted by molar-refractivity contribution is 7.99. The zero-order chi connectivity index (χ0) is 12.7. The van der Waals surface area contributed by atoms with E-state index < -0.39 is 0 Å². The van der Waals surface area contributed by atoms with Gasteiger partial charge in [0.2, 0.25) is 0 Å². The van der Waals surface area contributed by atoms with Gasteiger partial charge in [0.15, 0.2) is 0 Å². The van der Waals surface area contributed by atoms with Crippen LogP contribution in [0, 0.1) is 11.8 Å². The fourth-order valence-electron chi connectivity index (χ4n) is 2.95. The van der Waals surface area contributed by atoms with E-state index in [9.17, 15) is 0 Å². The molecule has 0 bridgehead atoms. The van der Waals surface area contributed by atoms with Gasteiger partial charge in [-0.25, -0.2) is 0 Å². The van der Waals surface area contributed by atoms with Crippen LogP contribution in [-0.2, 0) is 0 Å². The zero-order valence-corrected chi connectivity index (χ0v) is 12.6. The fourth-order valence-corrected chi connectivity index (χ4v) is 4.07. The van der Waals surface area contributed by atoms with Crippen molar-refractivity contribution in [3.05, 3.63) is 0 Å². The smallest absolute Gasteiger partial charge is 0.0332 e. The monoisotopic (exact) mass is 258 g/mol. The Labute approximate surface area is 111 Å². The van der Waals surface area contributed by atoms with E-state index in [1.807, 2.05) is 0 Å². The summed E-state index contributed by atoms with van der Waals surface area (Å²) < 4.78 is 0. The van der Waals surface area contributed by atoms with Crippen molar-refractivity contribution >= 4 is 11.8 Å². The van der Waals surface area contributed by atoms with Crippen LogP contribution in [0.1, 0.15) is 59.3 Å². The second-order valence-electron chi connectivity index (χ2n) is 5.44. The van der Waals surface area contributed by atoms with Crippen molar-refractivity contribution in [1.29, 1.82) is 0 Å².